The van der Waals surface area contributed by atoms with Gasteiger partial charge in [0.05, 0.1) is 0 Å². The van der Waals surface area contributed by atoms with E-state index in [4.69, 9.17) is 0 Å². The fraction of sp³-hybridized carbons (Fsp3) is 0.294. The van der Waals surface area contributed by atoms with Crippen molar-refractivity contribution < 1.29 is 0 Å². The number of fused-ring (bicyclic) bond motifs is 3. The normalized spacial score (nSPS) is 18.3. The van der Waals surface area contributed by atoms with Gasteiger partial charge in [-0.25, -0.2) is 0 Å². The monoisotopic (exact) mass is 282 g/mol. The van der Waals surface area contributed by atoms with Gasteiger partial charge < -0.3 is 10.3 Å². The lowest BCUT2D eigenvalue weighted by Gasteiger charge is -2.23. The Kier molecular flexibility index (Phi) is 3.09. The summed E-state index contributed by atoms with van der Waals surface area (Å²) in [7, 11) is 0. The summed E-state index contributed by atoms with van der Waals surface area (Å²) in [4.78, 5) is 5.05. The smallest absolute Gasteiger partial charge is 0.0479 e. The van der Waals surface area contributed by atoms with Crippen LogP contribution in [0.5, 0.6) is 0 Å². The molecule has 0 saturated heterocycles. The second kappa shape index (κ2) is 5.08. The van der Waals surface area contributed by atoms with Crippen LogP contribution in [0.4, 0.5) is 0 Å². The lowest BCUT2D eigenvalue weighted by atomic mass is 9.91. The third-order valence-corrected chi connectivity index (χ3v) is 5.09. The number of rotatable bonds is 3. The summed E-state index contributed by atoms with van der Waals surface area (Å²) in [6.07, 6.45) is 3.71. The van der Waals surface area contributed by atoms with Gasteiger partial charge in [-0.15, -0.1) is 11.3 Å². The summed E-state index contributed by atoms with van der Waals surface area (Å²) in [6, 6.07) is 13.5. The fourth-order valence-electron chi connectivity index (χ4n) is 3.26. The van der Waals surface area contributed by atoms with E-state index < -0.39 is 0 Å². The summed E-state index contributed by atoms with van der Waals surface area (Å²) in [5.41, 5.74) is 4.21. The first-order chi connectivity index (χ1) is 9.92. The molecule has 102 valence electrons. The van der Waals surface area contributed by atoms with Gasteiger partial charge in [-0.05, 0) is 42.3 Å². The highest BCUT2D eigenvalue weighted by Gasteiger charge is 2.23. The quantitative estimate of drug-likeness (QED) is 0.732. The minimum atomic E-state index is 0.466. The maximum absolute atomic E-state index is 3.72. The van der Waals surface area contributed by atoms with Crippen molar-refractivity contribution in [1.29, 1.82) is 0 Å². The fourth-order valence-corrected chi connectivity index (χ4v) is 3.91. The van der Waals surface area contributed by atoms with Crippen LogP contribution in [0.1, 0.15) is 35.0 Å². The summed E-state index contributed by atoms with van der Waals surface area (Å²) < 4.78 is 0. The van der Waals surface area contributed by atoms with Gasteiger partial charge in [0.25, 0.3) is 0 Å². The number of benzene rings is 1. The number of thiophene rings is 1. The molecule has 0 amide bonds. The van der Waals surface area contributed by atoms with E-state index in [9.17, 15) is 0 Å². The van der Waals surface area contributed by atoms with Crippen molar-refractivity contribution in [3.63, 3.8) is 0 Å². The number of hydrogen-bond donors (Lipinski definition) is 2. The van der Waals surface area contributed by atoms with Gasteiger partial charge in [-0.1, -0.05) is 24.3 Å². The Morgan fingerprint density at radius 2 is 2.15 bits per heavy atom. The van der Waals surface area contributed by atoms with Crippen LogP contribution in [0.2, 0.25) is 0 Å². The van der Waals surface area contributed by atoms with Gasteiger partial charge in [-0.3, -0.25) is 0 Å². The zero-order valence-electron chi connectivity index (χ0n) is 11.4. The lowest BCUT2D eigenvalue weighted by molar-refractivity contribution is 0.454. The summed E-state index contributed by atoms with van der Waals surface area (Å²) in [6.45, 7) is 0.969. The molecule has 1 aliphatic rings. The molecule has 0 bridgehead atoms. The topological polar surface area (TPSA) is 27.8 Å². The number of para-hydroxylation sites is 1. The van der Waals surface area contributed by atoms with Gasteiger partial charge in [0, 0.05) is 34.1 Å². The minimum Gasteiger partial charge on any atom is -0.357 e. The highest BCUT2D eigenvalue weighted by atomic mass is 32.1. The Labute approximate surface area is 122 Å². The number of H-pyrrole nitrogens is 1. The molecule has 1 aliphatic carbocycles. The van der Waals surface area contributed by atoms with Gasteiger partial charge in [0.15, 0.2) is 0 Å². The number of nitrogens with one attached hydrogen (secondary N) is 2. The summed E-state index contributed by atoms with van der Waals surface area (Å²) in [5.74, 6) is 0. The molecule has 3 heteroatoms. The molecule has 2 aromatic heterocycles. The second-order valence-electron chi connectivity index (χ2n) is 5.47. The highest BCUT2D eigenvalue weighted by molar-refractivity contribution is 7.09. The van der Waals surface area contributed by atoms with Crippen LogP contribution in [0.25, 0.3) is 10.9 Å². The van der Waals surface area contributed by atoms with Crippen LogP contribution in [0.15, 0.2) is 41.8 Å². The molecular weight excluding hydrogens is 264 g/mol. The molecule has 0 aliphatic heterocycles. The Bertz CT molecular complexity index is 712. The van der Waals surface area contributed by atoms with Crippen LogP contribution >= 0.6 is 11.3 Å². The van der Waals surface area contributed by atoms with Crippen LogP contribution < -0.4 is 5.32 Å². The van der Waals surface area contributed by atoms with Crippen molar-refractivity contribution in [3.05, 3.63) is 57.9 Å². The molecule has 4 rings (SSSR count). The lowest BCUT2D eigenvalue weighted by Crippen LogP contribution is -2.24. The van der Waals surface area contributed by atoms with E-state index in [-0.39, 0.29) is 0 Å². The van der Waals surface area contributed by atoms with Gasteiger partial charge in [-0.2, -0.15) is 0 Å². The molecule has 0 radical (unpaired) electrons. The zero-order chi connectivity index (χ0) is 13.4. The van der Waals surface area contributed by atoms with Crippen LogP contribution in [0, 0.1) is 0 Å². The predicted octanol–water partition coefficient (Wildman–Crippen LogP) is 4.40. The van der Waals surface area contributed by atoms with Crippen molar-refractivity contribution >= 4 is 22.2 Å². The van der Waals surface area contributed by atoms with Crippen LogP contribution in [-0.2, 0) is 13.0 Å². The van der Waals surface area contributed by atoms with Gasteiger partial charge in [0.1, 0.15) is 0 Å². The molecular formula is C17H18N2S. The van der Waals surface area contributed by atoms with E-state index in [2.05, 4.69) is 52.1 Å². The average molecular weight is 282 g/mol. The number of aromatic amines is 1. The molecule has 0 fully saturated rings. The maximum Gasteiger partial charge on any atom is 0.0479 e. The van der Waals surface area contributed by atoms with Crippen molar-refractivity contribution in [2.45, 2.75) is 31.8 Å². The standard InChI is InChI=1S/C17H18N2S/c1-2-8-15-13(6-1)14-7-3-9-16(17(14)19-15)18-11-12-5-4-10-20-12/h1-2,4-6,8,10,16,18-19H,3,7,9,11H2. The van der Waals surface area contributed by atoms with Crippen molar-refractivity contribution in [2.24, 2.45) is 0 Å². The van der Waals surface area contributed by atoms with Crippen molar-refractivity contribution in [1.82, 2.24) is 10.3 Å². The Hall–Kier alpha value is -1.58. The number of aromatic nitrogens is 1. The Morgan fingerprint density at radius 3 is 3.05 bits per heavy atom. The van der Waals surface area contributed by atoms with Crippen molar-refractivity contribution in [2.75, 3.05) is 0 Å². The molecule has 3 aromatic rings. The maximum atomic E-state index is 3.72. The number of hydrogen-bond acceptors (Lipinski definition) is 2. The molecule has 20 heavy (non-hydrogen) atoms. The summed E-state index contributed by atoms with van der Waals surface area (Å²) in [5, 5.41) is 7.27. The SMILES string of the molecule is c1csc(CNC2CCCc3c2[nH]c2ccccc32)c1. The highest BCUT2D eigenvalue weighted by Crippen LogP contribution is 2.34. The molecule has 1 unspecified atom stereocenters. The van der Waals surface area contributed by atoms with Crippen LogP contribution in [0.3, 0.4) is 0 Å². The van der Waals surface area contributed by atoms with E-state index in [1.165, 1.54) is 46.3 Å². The Morgan fingerprint density at radius 1 is 1.20 bits per heavy atom. The van der Waals surface area contributed by atoms with E-state index in [1.54, 1.807) is 0 Å². The molecule has 2 N–H and O–H groups in total. The Balaban J connectivity index is 1.64. The van der Waals surface area contributed by atoms with Gasteiger partial charge in [0.2, 0.25) is 0 Å². The van der Waals surface area contributed by atoms with Crippen LogP contribution in [-0.4, -0.2) is 4.98 Å². The largest absolute Gasteiger partial charge is 0.357 e. The first-order valence-corrected chi connectivity index (χ1v) is 8.15. The van der Waals surface area contributed by atoms with E-state index in [0.29, 0.717) is 6.04 Å². The van der Waals surface area contributed by atoms with E-state index in [0.717, 1.165) is 6.54 Å². The average Bonchev–Trinajstić information content (AvgIpc) is 3.12. The van der Waals surface area contributed by atoms with Gasteiger partial charge >= 0.3 is 0 Å². The second-order valence-corrected chi connectivity index (χ2v) is 6.50. The molecule has 2 heterocycles. The predicted molar refractivity (Wildman–Crippen MR) is 85.1 cm³/mol. The van der Waals surface area contributed by atoms with E-state index in [1.807, 2.05) is 11.3 Å². The third-order valence-electron chi connectivity index (χ3n) is 4.22. The number of aryl methyl sites for hydroxylation is 1. The summed E-state index contributed by atoms with van der Waals surface area (Å²) >= 11 is 1.83. The first-order valence-electron chi connectivity index (χ1n) is 7.27. The molecule has 1 aromatic carbocycles. The molecule has 0 spiro atoms. The van der Waals surface area contributed by atoms with E-state index >= 15 is 0 Å². The molecule has 0 saturated carbocycles. The molecule has 1 atom stereocenters. The third kappa shape index (κ3) is 2.07. The zero-order valence-corrected chi connectivity index (χ0v) is 12.2. The molecule has 2 nitrogen and oxygen atoms in total. The first kappa shape index (κ1) is 12.2. The minimum absolute atomic E-state index is 0.466. The van der Waals surface area contributed by atoms with Crippen molar-refractivity contribution in [3.8, 4) is 0 Å².